The van der Waals surface area contributed by atoms with Gasteiger partial charge in [-0.05, 0) is 37.0 Å². The highest BCUT2D eigenvalue weighted by Crippen LogP contribution is 2.17. The van der Waals surface area contributed by atoms with Crippen LogP contribution in [0.1, 0.15) is 19.4 Å². The SMILES string of the molecule is CC(CCS(C)=O)n1c(=S)[nH]c2ccsc2c1=O. The largest absolute Gasteiger partial charge is 0.331 e. The minimum atomic E-state index is -0.849. The van der Waals surface area contributed by atoms with Crippen LogP contribution in [-0.4, -0.2) is 25.8 Å². The van der Waals surface area contributed by atoms with Crippen LogP contribution < -0.4 is 5.56 Å². The maximum atomic E-state index is 12.3. The quantitative estimate of drug-likeness (QED) is 0.883. The monoisotopic (exact) mass is 302 g/mol. The molecule has 0 aliphatic rings. The number of nitrogens with zero attached hydrogens (tertiary/aromatic N) is 1. The molecule has 1 N–H and O–H groups in total. The molecule has 0 fully saturated rings. The van der Waals surface area contributed by atoms with E-state index in [0.29, 0.717) is 21.6 Å². The molecule has 4 nitrogen and oxygen atoms in total. The van der Waals surface area contributed by atoms with Gasteiger partial charge in [0.2, 0.25) is 0 Å². The van der Waals surface area contributed by atoms with Crippen molar-refractivity contribution in [1.82, 2.24) is 9.55 Å². The molecule has 0 saturated heterocycles. The van der Waals surface area contributed by atoms with Gasteiger partial charge in [0.1, 0.15) is 4.70 Å². The molecule has 0 spiro atoms. The fourth-order valence-corrected chi connectivity index (χ4v) is 3.65. The molecular weight excluding hydrogens is 288 g/mol. The predicted molar refractivity (Wildman–Crippen MR) is 79.5 cm³/mol. The first kappa shape index (κ1) is 13.6. The van der Waals surface area contributed by atoms with Gasteiger partial charge in [0.25, 0.3) is 5.56 Å². The molecule has 0 radical (unpaired) electrons. The number of aromatic amines is 1. The zero-order chi connectivity index (χ0) is 13.3. The highest BCUT2D eigenvalue weighted by Gasteiger charge is 2.12. The van der Waals surface area contributed by atoms with Crippen molar-refractivity contribution in [2.45, 2.75) is 19.4 Å². The van der Waals surface area contributed by atoms with Gasteiger partial charge < -0.3 is 4.98 Å². The molecule has 0 aliphatic carbocycles. The van der Waals surface area contributed by atoms with Crippen molar-refractivity contribution in [2.24, 2.45) is 0 Å². The van der Waals surface area contributed by atoms with Crippen LogP contribution in [0.2, 0.25) is 0 Å². The van der Waals surface area contributed by atoms with Crippen LogP contribution in [0.15, 0.2) is 16.2 Å². The Morgan fingerprint density at radius 1 is 1.61 bits per heavy atom. The zero-order valence-electron chi connectivity index (χ0n) is 10.1. The number of aromatic nitrogens is 2. The average Bonchev–Trinajstić information content (AvgIpc) is 2.74. The van der Waals surface area contributed by atoms with Gasteiger partial charge in [-0.2, -0.15) is 0 Å². The zero-order valence-corrected chi connectivity index (χ0v) is 12.6. The Morgan fingerprint density at radius 3 is 3.00 bits per heavy atom. The normalized spacial score (nSPS) is 14.8. The molecule has 0 saturated carbocycles. The van der Waals surface area contributed by atoms with Gasteiger partial charge in [-0.3, -0.25) is 13.6 Å². The van der Waals surface area contributed by atoms with Gasteiger partial charge >= 0.3 is 0 Å². The van der Waals surface area contributed by atoms with Crippen LogP contribution in [0.5, 0.6) is 0 Å². The summed E-state index contributed by atoms with van der Waals surface area (Å²) in [6.07, 6.45) is 2.34. The molecule has 0 aromatic carbocycles. The number of nitrogens with one attached hydrogen (secondary N) is 1. The molecule has 2 rings (SSSR count). The molecule has 2 atom stereocenters. The summed E-state index contributed by atoms with van der Waals surface area (Å²) >= 11 is 6.63. The first-order chi connectivity index (χ1) is 8.50. The fraction of sp³-hybridized carbons (Fsp3) is 0.455. The maximum Gasteiger partial charge on any atom is 0.272 e. The Bertz CT molecular complexity index is 698. The first-order valence-corrected chi connectivity index (χ1v) is 8.54. The van der Waals surface area contributed by atoms with Crippen molar-refractivity contribution in [1.29, 1.82) is 0 Å². The Hall–Kier alpha value is -0.790. The minimum absolute atomic E-state index is 0.0448. The van der Waals surface area contributed by atoms with Gasteiger partial charge in [-0.25, -0.2) is 0 Å². The van der Waals surface area contributed by atoms with Crippen molar-refractivity contribution in [3.63, 3.8) is 0 Å². The van der Waals surface area contributed by atoms with Gasteiger partial charge in [0, 0.05) is 28.9 Å². The van der Waals surface area contributed by atoms with E-state index >= 15 is 0 Å². The Balaban J connectivity index is 2.46. The summed E-state index contributed by atoms with van der Waals surface area (Å²) in [6, 6.07) is 1.81. The summed E-state index contributed by atoms with van der Waals surface area (Å²) < 4.78 is 13.8. The molecule has 2 aromatic rings. The van der Waals surface area contributed by atoms with E-state index in [1.807, 2.05) is 18.4 Å². The van der Waals surface area contributed by atoms with Crippen molar-refractivity contribution in [2.75, 3.05) is 12.0 Å². The van der Waals surface area contributed by atoms with Gasteiger partial charge in [-0.1, -0.05) is 0 Å². The summed E-state index contributed by atoms with van der Waals surface area (Å²) in [5.41, 5.74) is 0.732. The number of hydrogen-bond acceptors (Lipinski definition) is 4. The molecule has 0 aliphatic heterocycles. The van der Waals surface area contributed by atoms with E-state index < -0.39 is 10.8 Å². The lowest BCUT2D eigenvalue weighted by Gasteiger charge is -2.14. The average molecular weight is 302 g/mol. The second kappa shape index (κ2) is 5.46. The highest BCUT2D eigenvalue weighted by atomic mass is 32.2. The summed E-state index contributed by atoms with van der Waals surface area (Å²) in [7, 11) is -0.849. The van der Waals surface area contributed by atoms with Crippen molar-refractivity contribution in [3.05, 3.63) is 26.6 Å². The van der Waals surface area contributed by atoms with E-state index in [9.17, 15) is 9.00 Å². The molecule has 0 bridgehead atoms. The summed E-state index contributed by atoms with van der Waals surface area (Å²) in [5, 5.41) is 1.87. The Morgan fingerprint density at radius 2 is 2.33 bits per heavy atom. The number of H-pyrrole nitrogens is 1. The van der Waals surface area contributed by atoms with Crippen LogP contribution in [0.3, 0.4) is 0 Å². The Labute approximate surface area is 116 Å². The van der Waals surface area contributed by atoms with Crippen molar-refractivity contribution < 1.29 is 4.21 Å². The fourth-order valence-electron chi connectivity index (χ4n) is 1.82. The lowest BCUT2D eigenvalue weighted by atomic mass is 10.2. The lowest BCUT2D eigenvalue weighted by molar-refractivity contribution is 0.506. The van der Waals surface area contributed by atoms with Gasteiger partial charge in [0.15, 0.2) is 4.77 Å². The van der Waals surface area contributed by atoms with E-state index in [-0.39, 0.29) is 11.6 Å². The van der Waals surface area contributed by atoms with Crippen LogP contribution >= 0.6 is 23.6 Å². The second-order valence-corrected chi connectivity index (χ2v) is 7.04. The smallest absolute Gasteiger partial charge is 0.272 e. The van der Waals surface area contributed by atoms with E-state index in [2.05, 4.69) is 4.98 Å². The summed E-state index contributed by atoms with van der Waals surface area (Å²) in [6.45, 7) is 1.93. The minimum Gasteiger partial charge on any atom is -0.331 e. The number of thiophene rings is 1. The number of fused-ring (bicyclic) bond motifs is 1. The van der Waals surface area contributed by atoms with Crippen molar-refractivity contribution in [3.8, 4) is 0 Å². The maximum absolute atomic E-state index is 12.3. The van der Waals surface area contributed by atoms with E-state index in [1.54, 1.807) is 10.8 Å². The standard InChI is InChI=1S/C11H14N2O2S3/c1-7(4-6-18(2)15)13-10(14)9-8(3-5-17-9)12-11(13)16/h3,5,7H,4,6H2,1-2H3,(H,12,16). The third-order valence-corrected chi connectivity index (χ3v) is 4.81. The molecule has 2 aromatic heterocycles. The lowest BCUT2D eigenvalue weighted by Crippen LogP contribution is -2.25. The van der Waals surface area contributed by atoms with E-state index in [0.717, 1.165) is 5.52 Å². The van der Waals surface area contributed by atoms with Crippen LogP contribution in [0.25, 0.3) is 10.2 Å². The van der Waals surface area contributed by atoms with Crippen LogP contribution in [0.4, 0.5) is 0 Å². The van der Waals surface area contributed by atoms with Gasteiger partial charge in [-0.15, -0.1) is 11.3 Å². The van der Waals surface area contributed by atoms with Crippen LogP contribution in [0, 0.1) is 4.77 Å². The molecule has 2 unspecified atom stereocenters. The predicted octanol–water partition coefficient (Wildman–Crippen LogP) is 2.45. The third-order valence-electron chi connectivity index (χ3n) is 2.80. The molecular formula is C11H14N2O2S3. The highest BCUT2D eigenvalue weighted by molar-refractivity contribution is 7.84. The van der Waals surface area contributed by atoms with Crippen LogP contribution in [-0.2, 0) is 10.8 Å². The van der Waals surface area contributed by atoms with E-state index in [4.69, 9.17) is 12.2 Å². The summed E-state index contributed by atoms with van der Waals surface area (Å²) in [5.74, 6) is 0.574. The third kappa shape index (κ3) is 2.62. The summed E-state index contributed by atoms with van der Waals surface area (Å²) in [4.78, 5) is 15.4. The number of hydrogen-bond donors (Lipinski definition) is 1. The molecule has 0 amide bonds. The topological polar surface area (TPSA) is 54.9 Å². The van der Waals surface area contributed by atoms with Gasteiger partial charge in [0.05, 0.1) is 5.52 Å². The van der Waals surface area contributed by atoms with Crippen molar-refractivity contribution >= 4 is 44.6 Å². The van der Waals surface area contributed by atoms with E-state index in [1.165, 1.54) is 11.3 Å². The molecule has 7 heteroatoms. The number of rotatable bonds is 4. The molecule has 98 valence electrons. The Kier molecular flexibility index (Phi) is 4.14. The molecule has 2 heterocycles. The second-order valence-electron chi connectivity index (χ2n) is 4.18. The first-order valence-electron chi connectivity index (χ1n) is 5.52. The molecule has 18 heavy (non-hydrogen) atoms.